The van der Waals surface area contributed by atoms with E-state index in [4.69, 9.17) is 4.74 Å². The van der Waals surface area contributed by atoms with Crippen LogP contribution in [-0.2, 0) is 4.74 Å². The Bertz CT molecular complexity index is 157. The molecule has 0 aromatic heterocycles. The van der Waals surface area contributed by atoms with Crippen molar-refractivity contribution in [3.63, 3.8) is 0 Å². The Kier molecular flexibility index (Phi) is 3.34. The molecule has 1 rings (SSSR count). The average molecular weight is 172 g/mol. The first kappa shape index (κ1) is 9.32. The summed E-state index contributed by atoms with van der Waals surface area (Å²) in [6.45, 7) is 2.47. The van der Waals surface area contributed by atoms with Gasteiger partial charge in [0.2, 0.25) is 0 Å². The van der Waals surface area contributed by atoms with Crippen molar-refractivity contribution in [1.29, 1.82) is 0 Å². The highest BCUT2D eigenvalue weighted by atomic mass is 16.5. The molecular formula is C8H16N2O2. The minimum atomic E-state index is -0.0814. The van der Waals surface area contributed by atoms with Gasteiger partial charge in [-0.2, -0.15) is 0 Å². The number of amides is 2. The normalized spacial score (nSPS) is 18.5. The highest BCUT2D eigenvalue weighted by Gasteiger charge is 2.23. The zero-order valence-electron chi connectivity index (χ0n) is 7.59. The minimum absolute atomic E-state index is 0.0775. The molecule has 1 saturated carbocycles. The first-order valence-corrected chi connectivity index (χ1v) is 4.28. The lowest BCUT2D eigenvalue weighted by atomic mass is 10.4. The summed E-state index contributed by atoms with van der Waals surface area (Å²) in [6.07, 6.45) is 2.23. The molecule has 0 aliphatic heterocycles. The van der Waals surface area contributed by atoms with E-state index < -0.39 is 0 Å². The van der Waals surface area contributed by atoms with Crippen LogP contribution in [0.1, 0.15) is 19.8 Å². The van der Waals surface area contributed by atoms with E-state index in [2.05, 4.69) is 10.6 Å². The fraction of sp³-hybridized carbons (Fsp3) is 0.875. The second-order valence-corrected chi connectivity index (χ2v) is 3.25. The van der Waals surface area contributed by atoms with Crippen molar-refractivity contribution < 1.29 is 9.53 Å². The van der Waals surface area contributed by atoms with Gasteiger partial charge < -0.3 is 15.4 Å². The average Bonchev–Trinajstić information content (AvgIpc) is 2.71. The Labute approximate surface area is 72.7 Å². The first-order chi connectivity index (χ1) is 5.72. The summed E-state index contributed by atoms with van der Waals surface area (Å²) in [5, 5.41) is 5.61. The number of carbonyl (C=O) groups is 1. The first-order valence-electron chi connectivity index (χ1n) is 4.28. The molecule has 4 nitrogen and oxygen atoms in total. The third kappa shape index (κ3) is 3.57. The maximum Gasteiger partial charge on any atom is 0.315 e. The van der Waals surface area contributed by atoms with Crippen LogP contribution in [-0.4, -0.2) is 31.8 Å². The molecule has 0 aromatic carbocycles. The number of rotatable bonds is 4. The molecule has 0 saturated heterocycles. The number of carbonyl (C=O) groups excluding carboxylic acids is 1. The van der Waals surface area contributed by atoms with Crippen molar-refractivity contribution in [2.45, 2.75) is 31.8 Å². The van der Waals surface area contributed by atoms with E-state index in [0.717, 1.165) is 12.8 Å². The van der Waals surface area contributed by atoms with Gasteiger partial charge in [0.05, 0.1) is 12.6 Å². The highest BCUT2D eigenvalue weighted by Crippen LogP contribution is 2.18. The van der Waals surface area contributed by atoms with Gasteiger partial charge in [-0.3, -0.25) is 0 Å². The molecule has 1 atom stereocenters. The lowest BCUT2D eigenvalue weighted by molar-refractivity contribution is 0.171. The molecule has 1 unspecified atom stereocenters. The van der Waals surface area contributed by atoms with Crippen LogP contribution >= 0.6 is 0 Å². The van der Waals surface area contributed by atoms with Gasteiger partial charge in [-0.1, -0.05) is 0 Å². The number of methoxy groups -OCH3 is 1. The van der Waals surface area contributed by atoms with Gasteiger partial charge in [0.15, 0.2) is 0 Å². The molecule has 70 valence electrons. The Morgan fingerprint density at radius 1 is 1.67 bits per heavy atom. The molecular weight excluding hydrogens is 156 g/mol. The third-order valence-electron chi connectivity index (χ3n) is 1.71. The quantitative estimate of drug-likeness (QED) is 0.648. The summed E-state index contributed by atoms with van der Waals surface area (Å²) >= 11 is 0. The number of hydrogen-bond donors (Lipinski definition) is 2. The van der Waals surface area contributed by atoms with E-state index in [9.17, 15) is 4.79 Å². The standard InChI is InChI=1S/C8H16N2O2/c1-6(5-12-2)9-8(11)10-7-3-4-7/h6-7H,3-5H2,1-2H3,(H2,9,10,11). The van der Waals surface area contributed by atoms with Gasteiger partial charge in [-0.15, -0.1) is 0 Å². The molecule has 2 amide bonds. The molecule has 2 N–H and O–H groups in total. The van der Waals surface area contributed by atoms with E-state index in [0.29, 0.717) is 12.6 Å². The molecule has 1 fully saturated rings. The van der Waals surface area contributed by atoms with E-state index in [1.165, 1.54) is 0 Å². The molecule has 0 aromatic rings. The van der Waals surface area contributed by atoms with E-state index in [1.807, 2.05) is 6.92 Å². The number of nitrogens with one attached hydrogen (secondary N) is 2. The number of hydrogen-bond acceptors (Lipinski definition) is 2. The maximum atomic E-state index is 11.1. The third-order valence-corrected chi connectivity index (χ3v) is 1.71. The molecule has 4 heteroatoms. The number of urea groups is 1. The second-order valence-electron chi connectivity index (χ2n) is 3.25. The predicted molar refractivity (Wildman–Crippen MR) is 46.0 cm³/mol. The van der Waals surface area contributed by atoms with E-state index in [-0.39, 0.29) is 12.1 Å². The summed E-state index contributed by atoms with van der Waals surface area (Å²) < 4.78 is 4.88. The van der Waals surface area contributed by atoms with E-state index >= 15 is 0 Å². The molecule has 12 heavy (non-hydrogen) atoms. The van der Waals surface area contributed by atoms with Crippen LogP contribution in [0.4, 0.5) is 4.79 Å². The van der Waals surface area contributed by atoms with E-state index in [1.54, 1.807) is 7.11 Å². The predicted octanol–water partition coefficient (Wildman–Crippen LogP) is 0.483. The second kappa shape index (κ2) is 4.30. The fourth-order valence-electron chi connectivity index (χ4n) is 0.970. The Morgan fingerprint density at radius 2 is 2.33 bits per heavy atom. The van der Waals surface area contributed by atoms with Crippen LogP contribution in [0, 0.1) is 0 Å². The summed E-state index contributed by atoms with van der Waals surface area (Å²) in [6, 6.07) is 0.413. The summed E-state index contributed by atoms with van der Waals surface area (Å²) in [5.41, 5.74) is 0. The maximum absolute atomic E-state index is 11.1. The van der Waals surface area contributed by atoms with Crippen molar-refractivity contribution in [1.82, 2.24) is 10.6 Å². The van der Waals surface area contributed by atoms with Crippen molar-refractivity contribution in [2.24, 2.45) is 0 Å². The van der Waals surface area contributed by atoms with Gasteiger partial charge in [-0.25, -0.2) is 4.79 Å². The Morgan fingerprint density at radius 3 is 2.83 bits per heavy atom. The van der Waals surface area contributed by atoms with Gasteiger partial charge in [0.1, 0.15) is 0 Å². The summed E-state index contributed by atoms with van der Waals surface area (Å²) in [7, 11) is 1.62. The molecule has 1 aliphatic rings. The summed E-state index contributed by atoms with van der Waals surface area (Å²) in [4.78, 5) is 11.1. The highest BCUT2D eigenvalue weighted by molar-refractivity contribution is 5.74. The molecule has 0 radical (unpaired) electrons. The molecule has 1 aliphatic carbocycles. The zero-order valence-corrected chi connectivity index (χ0v) is 7.59. The number of ether oxygens (including phenoxy) is 1. The minimum Gasteiger partial charge on any atom is -0.383 e. The largest absolute Gasteiger partial charge is 0.383 e. The zero-order chi connectivity index (χ0) is 8.97. The molecule has 0 bridgehead atoms. The fourth-order valence-corrected chi connectivity index (χ4v) is 0.970. The lowest BCUT2D eigenvalue weighted by Gasteiger charge is -2.12. The topological polar surface area (TPSA) is 50.4 Å². The molecule has 0 spiro atoms. The van der Waals surface area contributed by atoms with Crippen molar-refractivity contribution in [3.05, 3.63) is 0 Å². The van der Waals surface area contributed by atoms with Gasteiger partial charge in [0, 0.05) is 13.2 Å². The monoisotopic (exact) mass is 172 g/mol. The Balaban J connectivity index is 2.06. The van der Waals surface area contributed by atoms with Gasteiger partial charge >= 0.3 is 6.03 Å². The van der Waals surface area contributed by atoms with Crippen LogP contribution in [0.5, 0.6) is 0 Å². The van der Waals surface area contributed by atoms with Crippen LogP contribution in [0.2, 0.25) is 0 Å². The van der Waals surface area contributed by atoms with Gasteiger partial charge in [0.25, 0.3) is 0 Å². The van der Waals surface area contributed by atoms with Crippen molar-refractivity contribution in [3.8, 4) is 0 Å². The summed E-state index contributed by atoms with van der Waals surface area (Å²) in [5.74, 6) is 0. The lowest BCUT2D eigenvalue weighted by Crippen LogP contribution is -2.43. The van der Waals surface area contributed by atoms with Crippen LogP contribution in [0.3, 0.4) is 0 Å². The van der Waals surface area contributed by atoms with Crippen molar-refractivity contribution in [2.75, 3.05) is 13.7 Å². The van der Waals surface area contributed by atoms with Crippen LogP contribution < -0.4 is 10.6 Å². The SMILES string of the molecule is COCC(C)NC(=O)NC1CC1. The Hall–Kier alpha value is -0.770. The van der Waals surface area contributed by atoms with Crippen LogP contribution in [0.25, 0.3) is 0 Å². The van der Waals surface area contributed by atoms with Crippen molar-refractivity contribution >= 4 is 6.03 Å². The van der Waals surface area contributed by atoms with Gasteiger partial charge in [-0.05, 0) is 19.8 Å². The molecule has 0 heterocycles. The smallest absolute Gasteiger partial charge is 0.315 e. The van der Waals surface area contributed by atoms with Crippen LogP contribution in [0.15, 0.2) is 0 Å².